The molecular formula is C17H14Cl2N4OS. The first-order valence-electron chi connectivity index (χ1n) is 7.48. The van der Waals surface area contributed by atoms with Crippen molar-refractivity contribution in [3.8, 4) is 0 Å². The molecule has 0 saturated carbocycles. The average Bonchev–Trinajstić information content (AvgIpc) is 3.01. The van der Waals surface area contributed by atoms with Gasteiger partial charge in [-0.3, -0.25) is 4.79 Å². The van der Waals surface area contributed by atoms with Crippen LogP contribution in [0.25, 0.3) is 16.3 Å². The molecule has 2 heterocycles. The van der Waals surface area contributed by atoms with Crippen LogP contribution in [-0.4, -0.2) is 29.0 Å². The minimum atomic E-state index is -0.184. The number of benzene rings is 1. The Bertz CT molecular complexity index is 893. The van der Waals surface area contributed by atoms with E-state index in [1.165, 1.54) is 12.3 Å². The maximum atomic E-state index is 11.8. The van der Waals surface area contributed by atoms with Gasteiger partial charge in [-0.2, -0.15) is 0 Å². The second-order valence-corrected chi connectivity index (χ2v) is 6.96. The Kier molecular flexibility index (Phi) is 5.86. The topological polar surface area (TPSA) is 66.9 Å². The molecule has 0 unspecified atom stereocenters. The molecule has 1 aromatic carbocycles. The van der Waals surface area contributed by atoms with Crippen LogP contribution in [-0.2, 0) is 4.79 Å². The lowest BCUT2D eigenvalue weighted by Crippen LogP contribution is -2.27. The molecule has 0 aliphatic rings. The molecule has 25 heavy (non-hydrogen) atoms. The van der Waals surface area contributed by atoms with E-state index in [0.717, 1.165) is 15.2 Å². The highest BCUT2D eigenvalue weighted by atomic mass is 35.5. The fourth-order valence-electron chi connectivity index (χ4n) is 2.08. The number of thiazole rings is 1. The third-order valence-electron chi connectivity index (χ3n) is 3.21. The number of pyridine rings is 1. The van der Waals surface area contributed by atoms with Gasteiger partial charge in [-0.15, -0.1) is 11.3 Å². The number of carbonyl (C=O) groups is 1. The number of halogens is 2. The van der Waals surface area contributed by atoms with Gasteiger partial charge in [-0.1, -0.05) is 35.3 Å². The fraction of sp³-hybridized carbons (Fsp3) is 0.118. The van der Waals surface area contributed by atoms with Gasteiger partial charge in [0, 0.05) is 25.4 Å². The standard InChI is InChI=1S/C17H14Cl2N4OS/c18-11-9-12(19)17(22-10-11)21-8-7-20-15(24)5-6-16-23-13-3-1-2-4-14(13)25-16/h1-6,9-10H,7-8H2,(H,20,24)(H,21,22)/b6-5+. The van der Waals surface area contributed by atoms with E-state index in [4.69, 9.17) is 23.2 Å². The highest BCUT2D eigenvalue weighted by Crippen LogP contribution is 2.23. The number of anilines is 1. The van der Waals surface area contributed by atoms with Crippen LogP contribution in [0.3, 0.4) is 0 Å². The van der Waals surface area contributed by atoms with Crippen LogP contribution in [0.15, 0.2) is 42.6 Å². The lowest BCUT2D eigenvalue weighted by molar-refractivity contribution is -0.116. The SMILES string of the molecule is O=C(/C=C/c1nc2ccccc2s1)NCCNc1ncc(Cl)cc1Cl. The van der Waals surface area contributed by atoms with Crippen molar-refractivity contribution >= 4 is 62.6 Å². The number of nitrogens with one attached hydrogen (secondary N) is 2. The number of carbonyl (C=O) groups excluding carboxylic acids is 1. The van der Waals surface area contributed by atoms with Crippen molar-refractivity contribution < 1.29 is 4.79 Å². The van der Waals surface area contributed by atoms with E-state index >= 15 is 0 Å². The number of hydrogen-bond acceptors (Lipinski definition) is 5. The maximum absolute atomic E-state index is 11.8. The number of hydrogen-bond donors (Lipinski definition) is 2. The largest absolute Gasteiger partial charge is 0.367 e. The normalized spacial score (nSPS) is 11.1. The molecule has 2 aromatic heterocycles. The zero-order chi connectivity index (χ0) is 17.6. The van der Waals surface area contributed by atoms with E-state index in [9.17, 15) is 4.79 Å². The number of aromatic nitrogens is 2. The van der Waals surface area contributed by atoms with Gasteiger partial charge in [-0.25, -0.2) is 9.97 Å². The predicted molar refractivity (Wildman–Crippen MR) is 104 cm³/mol. The Morgan fingerprint density at radius 1 is 1.24 bits per heavy atom. The number of para-hydroxylation sites is 1. The Hall–Kier alpha value is -2.15. The van der Waals surface area contributed by atoms with Crippen LogP contribution in [0.1, 0.15) is 5.01 Å². The van der Waals surface area contributed by atoms with Crippen molar-refractivity contribution in [2.45, 2.75) is 0 Å². The predicted octanol–water partition coefficient (Wildman–Crippen LogP) is 4.24. The van der Waals surface area contributed by atoms with E-state index < -0.39 is 0 Å². The Balaban J connectivity index is 1.46. The summed E-state index contributed by atoms with van der Waals surface area (Å²) in [5, 5.41) is 7.53. The highest BCUT2D eigenvalue weighted by molar-refractivity contribution is 7.19. The molecule has 0 bridgehead atoms. The minimum Gasteiger partial charge on any atom is -0.367 e. The quantitative estimate of drug-likeness (QED) is 0.486. The number of amides is 1. The van der Waals surface area contributed by atoms with Crippen molar-refractivity contribution in [1.29, 1.82) is 0 Å². The summed E-state index contributed by atoms with van der Waals surface area (Å²) in [5.41, 5.74) is 0.934. The fourth-order valence-corrected chi connectivity index (χ4v) is 3.40. The first kappa shape index (κ1) is 17.7. The summed E-state index contributed by atoms with van der Waals surface area (Å²) in [6.07, 6.45) is 4.70. The summed E-state index contributed by atoms with van der Waals surface area (Å²) in [6, 6.07) is 9.47. The third-order valence-corrected chi connectivity index (χ3v) is 4.71. The molecule has 3 rings (SSSR count). The molecule has 0 atom stereocenters. The van der Waals surface area contributed by atoms with E-state index in [1.807, 2.05) is 24.3 Å². The van der Waals surface area contributed by atoms with Gasteiger partial charge in [0.25, 0.3) is 0 Å². The monoisotopic (exact) mass is 392 g/mol. The number of rotatable bonds is 6. The maximum Gasteiger partial charge on any atom is 0.244 e. The van der Waals surface area contributed by atoms with Crippen LogP contribution >= 0.6 is 34.5 Å². The lowest BCUT2D eigenvalue weighted by Gasteiger charge is -2.07. The third kappa shape index (κ3) is 4.92. The summed E-state index contributed by atoms with van der Waals surface area (Å²) in [5.74, 6) is 0.349. The summed E-state index contributed by atoms with van der Waals surface area (Å²) in [7, 11) is 0. The van der Waals surface area contributed by atoms with Crippen molar-refractivity contribution in [3.05, 3.63) is 57.7 Å². The lowest BCUT2D eigenvalue weighted by atomic mass is 10.3. The molecular weight excluding hydrogens is 379 g/mol. The van der Waals surface area contributed by atoms with Crippen molar-refractivity contribution in [1.82, 2.24) is 15.3 Å². The Morgan fingerprint density at radius 2 is 2.08 bits per heavy atom. The molecule has 2 N–H and O–H groups in total. The molecule has 128 valence electrons. The first-order chi connectivity index (χ1) is 12.1. The first-order valence-corrected chi connectivity index (χ1v) is 9.05. The molecule has 0 saturated heterocycles. The molecule has 0 spiro atoms. The molecule has 0 aliphatic carbocycles. The highest BCUT2D eigenvalue weighted by Gasteiger charge is 2.03. The average molecular weight is 393 g/mol. The smallest absolute Gasteiger partial charge is 0.244 e. The van der Waals surface area contributed by atoms with E-state index in [2.05, 4.69) is 20.6 Å². The van der Waals surface area contributed by atoms with Crippen molar-refractivity contribution in [3.63, 3.8) is 0 Å². The van der Waals surface area contributed by atoms with Gasteiger partial charge in [0.15, 0.2) is 0 Å². The van der Waals surface area contributed by atoms with Gasteiger partial charge < -0.3 is 10.6 Å². The summed E-state index contributed by atoms with van der Waals surface area (Å²) >= 11 is 13.3. The van der Waals surface area contributed by atoms with Crippen molar-refractivity contribution in [2.75, 3.05) is 18.4 Å². The summed E-state index contributed by atoms with van der Waals surface area (Å²) < 4.78 is 1.10. The van der Waals surface area contributed by atoms with Crippen LogP contribution < -0.4 is 10.6 Å². The van der Waals surface area contributed by atoms with E-state index in [1.54, 1.807) is 23.5 Å². The molecule has 8 heteroatoms. The van der Waals surface area contributed by atoms with Crippen LogP contribution in [0.5, 0.6) is 0 Å². The van der Waals surface area contributed by atoms with Crippen LogP contribution in [0.2, 0.25) is 10.0 Å². The molecule has 5 nitrogen and oxygen atoms in total. The van der Waals surface area contributed by atoms with E-state index in [0.29, 0.717) is 29.0 Å². The summed E-state index contributed by atoms with van der Waals surface area (Å²) in [4.78, 5) is 20.4. The second kappa shape index (κ2) is 8.29. The molecule has 3 aromatic rings. The number of fused-ring (bicyclic) bond motifs is 1. The second-order valence-electron chi connectivity index (χ2n) is 5.05. The van der Waals surface area contributed by atoms with Gasteiger partial charge in [0.1, 0.15) is 10.8 Å². The summed E-state index contributed by atoms with van der Waals surface area (Å²) in [6.45, 7) is 0.929. The van der Waals surface area contributed by atoms with Crippen LogP contribution in [0, 0.1) is 0 Å². The minimum absolute atomic E-state index is 0.184. The van der Waals surface area contributed by atoms with Gasteiger partial charge in [-0.05, 0) is 24.3 Å². The van der Waals surface area contributed by atoms with Gasteiger partial charge >= 0.3 is 0 Å². The zero-order valence-corrected chi connectivity index (χ0v) is 15.3. The molecule has 0 aliphatic heterocycles. The molecule has 0 fully saturated rings. The van der Waals surface area contributed by atoms with Gasteiger partial charge in [0.2, 0.25) is 5.91 Å². The van der Waals surface area contributed by atoms with Crippen molar-refractivity contribution in [2.24, 2.45) is 0 Å². The Labute approximate surface area is 158 Å². The zero-order valence-electron chi connectivity index (χ0n) is 13.0. The van der Waals surface area contributed by atoms with Gasteiger partial charge in [0.05, 0.1) is 20.3 Å². The Morgan fingerprint density at radius 3 is 2.88 bits per heavy atom. The van der Waals surface area contributed by atoms with Crippen LogP contribution in [0.4, 0.5) is 5.82 Å². The molecule has 1 amide bonds. The molecule has 0 radical (unpaired) electrons. The van der Waals surface area contributed by atoms with E-state index in [-0.39, 0.29) is 5.91 Å². The number of nitrogens with zero attached hydrogens (tertiary/aromatic N) is 2.